The van der Waals surface area contributed by atoms with E-state index < -0.39 is 0 Å². The Labute approximate surface area is 158 Å². The maximum Gasteiger partial charge on any atom is 0.195 e. The Bertz CT molecular complexity index is 818. The van der Waals surface area contributed by atoms with Crippen molar-refractivity contribution < 1.29 is 13.9 Å². The van der Waals surface area contributed by atoms with Gasteiger partial charge >= 0.3 is 0 Å². The van der Waals surface area contributed by atoms with Crippen LogP contribution in [0.5, 0.6) is 5.75 Å². The summed E-state index contributed by atoms with van der Waals surface area (Å²) in [4.78, 5) is 4.14. The van der Waals surface area contributed by atoms with Gasteiger partial charge in [0.25, 0.3) is 0 Å². The maximum atomic E-state index is 13.9. The van der Waals surface area contributed by atoms with Crippen molar-refractivity contribution in [1.82, 2.24) is 5.32 Å². The van der Waals surface area contributed by atoms with Crippen molar-refractivity contribution in [2.24, 2.45) is 4.99 Å². The zero-order chi connectivity index (χ0) is 19.5. The predicted molar refractivity (Wildman–Crippen MR) is 103 cm³/mol. The molecular formula is C20H23FN4O2. The lowest BCUT2D eigenvalue weighted by molar-refractivity contribution is 0.172. The Balaban J connectivity index is 1.94. The van der Waals surface area contributed by atoms with Crippen LogP contribution in [0, 0.1) is 17.1 Å². The molecule has 0 bridgehead atoms. The number of halogens is 1. The summed E-state index contributed by atoms with van der Waals surface area (Å²) in [6.45, 7) is 1.42. The number of hydrogen-bond donors (Lipinski definition) is 2. The number of methoxy groups -OCH3 is 1. The molecule has 0 aromatic heterocycles. The van der Waals surface area contributed by atoms with E-state index >= 15 is 0 Å². The third kappa shape index (κ3) is 6.60. The molecule has 0 aliphatic carbocycles. The van der Waals surface area contributed by atoms with Crippen LogP contribution in [0.15, 0.2) is 47.5 Å². The number of hydrogen-bond acceptors (Lipinski definition) is 4. The smallest absolute Gasteiger partial charge is 0.195 e. The summed E-state index contributed by atoms with van der Waals surface area (Å²) in [5.74, 6) is 0.844. The number of ether oxygens (including phenoxy) is 2. The van der Waals surface area contributed by atoms with Crippen molar-refractivity contribution in [3.8, 4) is 11.8 Å². The molecule has 0 aliphatic rings. The summed E-state index contributed by atoms with van der Waals surface area (Å²) in [5.41, 5.74) is 1.60. The van der Waals surface area contributed by atoms with E-state index in [0.717, 1.165) is 17.9 Å². The maximum absolute atomic E-state index is 13.9. The minimum Gasteiger partial charge on any atom is -0.493 e. The number of benzene rings is 2. The molecule has 27 heavy (non-hydrogen) atoms. The van der Waals surface area contributed by atoms with Crippen LogP contribution in [0.2, 0.25) is 0 Å². The van der Waals surface area contributed by atoms with E-state index in [4.69, 9.17) is 14.7 Å². The van der Waals surface area contributed by atoms with Gasteiger partial charge in [0, 0.05) is 51.0 Å². The Morgan fingerprint density at radius 1 is 1.22 bits per heavy atom. The molecule has 0 saturated heterocycles. The van der Waals surface area contributed by atoms with Crippen LogP contribution < -0.4 is 15.4 Å². The number of guanidine groups is 1. The first-order chi connectivity index (χ1) is 13.2. The first-order valence-corrected chi connectivity index (χ1v) is 8.54. The molecule has 2 aromatic rings. The van der Waals surface area contributed by atoms with Crippen molar-refractivity contribution in [2.75, 3.05) is 32.7 Å². The number of nitriles is 1. The molecular weight excluding hydrogens is 347 g/mol. The lowest BCUT2D eigenvalue weighted by Gasteiger charge is -2.13. The Hall–Kier alpha value is -3.11. The van der Waals surface area contributed by atoms with Gasteiger partial charge in [0.2, 0.25) is 0 Å². The summed E-state index contributed by atoms with van der Waals surface area (Å²) in [5, 5.41) is 15.1. The van der Waals surface area contributed by atoms with Crippen LogP contribution in [0.3, 0.4) is 0 Å². The minimum atomic E-state index is -0.372. The lowest BCUT2D eigenvalue weighted by atomic mass is 10.1. The van der Waals surface area contributed by atoms with Gasteiger partial charge in [-0.2, -0.15) is 5.26 Å². The summed E-state index contributed by atoms with van der Waals surface area (Å²) in [6.07, 6.45) is 0.810. The average molecular weight is 370 g/mol. The van der Waals surface area contributed by atoms with E-state index in [1.807, 2.05) is 30.3 Å². The highest BCUT2D eigenvalue weighted by Crippen LogP contribution is 2.17. The minimum absolute atomic E-state index is 0.203. The predicted octanol–water partition coefficient (Wildman–Crippen LogP) is 3.30. The second-order valence-corrected chi connectivity index (χ2v) is 5.69. The van der Waals surface area contributed by atoms with Crippen molar-refractivity contribution in [1.29, 1.82) is 5.26 Å². The fourth-order valence-corrected chi connectivity index (χ4v) is 2.33. The number of nitrogens with zero attached hydrogens (tertiary/aromatic N) is 2. The molecule has 0 aliphatic heterocycles. The highest BCUT2D eigenvalue weighted by molar-refractivity contribution is 5.93. The van der Waals surface area contributed by atoms with Gasteiger partial charge in [0.05, 0.1) is 18.2 Å². The molecule has 0 atom stereocenters. The second-order valence-electron chi connectivity index (χ2n) is 5.69. The van der Waals surface area contributed by atoms with Gasteiger partial charge in [0.15, 0.2) is 5.96 Å². The second kappa shape index (κ2) is 10.8. The Morgan fingerprint density at radius 3 is 2.81 bits per heavy atom. The molecule has 0 radical (unpaired) electrons. The zero-order valence-corrected chi connectivity index (χ0v) is 15.5. The lowest BCUT2D eigenvalue weighted by Crippen LogP contribution is -2.30. The molecule has 0 amide bonds. The molecule has 2 N–H and O–H groups in total. The molecule has 7 heteroatoms. The monoisotopic (exact) mass is 370 g/mol. The molecule has 0 spiro atoms. The molecule has 6 nitrogen and oxygen atoms in total. The van der Waals surface area contributed by atoms with Crippen molar-refractivity contribution in [3.05, 3.63) is 59.4 Å². The summed E-state index contributed by atoms with van der Waals surface area (Å²) >= 11 is 0. The quantitative estimate of drug-likeness (QED) is 0.423. The first-order valence-electron chi connectivity index (χ1n) is 8.54. The number of rotatable bonds is 8. The van der Waals surface area contributed by atoms with Crippen LogP contribution in [-0.2, 0) is 11.3 Å². The van der Waals surface area contributed by atoms with E-state index in [9.17, 15) is 4.39 Å². The van der Waals surface area contributed by atoms with E-state index in [1.54, 1.807) is 14.2 Å². The van der Waals surface area contributed by atoms with Gasteiger partial charge in [-0.1, -0.05) is 6.07 Å². The van der Waals surface area contributed by atoms with Crippen molar-refractivity contribution >= 4 is 11.6 Å². The van der Waals surface area contributed by atoms with Crippen LogP contribution in [0.4, 0.5) is 10.1 Å². The topological polar surface area (TPSA) is 78.7 Å². The third-order valence-electron chi connectivity index (χ3n) is 3.70. The van der Waals surface area contributed by atoms with Gasteiger partial charge in [0.1, 0.15) is 11.6 Å². The van der Waals surface area contributed by atoms with Crippen molar-refractivity contribution in [2.45, 2.75) is 13.0 Å². The molecule has 0 saturated carbocycles. The van der Waals surface area contributed by atoms with Gasteiger partial charge < -0.3 is 20.1 Å². The summed E-state index contributed by atoms with van der Waals surface area (Å²) in [6, 6.07) is 13.7. The van der Waals surface area contributed by atoms with Crippen LogP contribution in [0.1, 0.15) is 17.5 Å². The molecule has 0 fully saturated rings. The van der Waals surface area contributed by atoms with E-state index in [1.165, 1.54) is 18.2 Å². The molecule has 142 valence electrons. The largest absolute Gasteiger partial charge is 0.493 e. The van der Waals surface area contributed by atoms with Crippen LogP contribution in [0.25, 0.3) is 0 Å². The van der Waals surface area contributed by atoms with E-state index in [2.05, 4.69) is 15.6 Å². The van der Waals surface area contributed by atoms with Gasteiger partial charge in [-0.3, -0.25) is 4.99 Å². The highest BCUT2D eigenvalue weighted by Gasteiger charge is 2.06. The van der Waals surface area contributed by atoms with Gasteiger partial charge in [-0.05, 0) is 30.3 Å². The molecule has 2 aromatic carbocycles. The standard InChI is InChI=1S/C20H23FN4O2/c1-23-20(24-14-16-11-15(13-22)7-8-19(16)21)25-17-5-3-6-18(12-17)27-10-4-9-26-2/h3,5-8,11-12H,4,9-10,14H2,1-2H3,(H2,23,24,25). The molecule has 0 unspecified atom stereocenters. The molecule has 2 rings (SSSR count). The van der Waals surface area contributed by atoms with Gasteiger partial charge in [-0.15, -0.1) is 0 Å². The Morgan fingerprint density at radius 2 is 2.07 bits per heavy atom. The van der Waals surface area contributed by atoms with Crippen LogP contribution >= 0.6 is 0 Å². The average Bonchev–Trinajstić information content (AvgIpc) is 2.70. The SMILES string of the molecule is CN=C(NCc1cc(C#N)ccc1F)Nc1cccc(OCCCOC)c1. The summed E-state index contributed by atoms with van der Waals surface area (Å²) < 4.78 is 24.5. The first kappa shape index (κ1) is 20.2. The van der Waals surface area contributed by atoms with E-state index in [0.29, 0.717) is 30.3 Å². The van der Waals surface area contributed by atoms with Crippen LogP contribution in [-0.4, -0.2) is 33.3 Å². The number of aliphatic imine (C=N–C) groups is 1. The third-order valence-corrected chi connectivity index (χ3v) is 3.70. The fourth-order valence-electron chi connectivity index (χ4n) is 2.33. The Kier molecular flexibility index (Phi) is 8.07. The zero-order valence-electron chi connectivity index (χ0n) is 15.5. The molecule has 0 heterocycles. The summed E-state index contributed by atoms with van der Waals surface area (Å²) in [7, 11) is 3.29. The normalized spacial score (nSPS) is 11.0. The number of anilines is 1. The van der Waals surface area contributed by atoms with E-state index in [-0.39, 0.29) is 12.4 Å². The number of nitrogens with one attached hydrogen (secondary N) is 2. The highest BCUT2D eigenvalue weighted by atomic mass is 19.1. The van der Waals surface area contributed by atoms with Gasteiger partial charge in [-0.25, -0.2) is 4.39 Å². The van der Waals surface area contributed by atoms with Crippen molar-refractivity contribution in [3.63, 3.8) is 0 Å². The fraction of sp³-hybridized carbons (Fsp3) is 0.300.